The van der Waals surface area contributed by atoms with Gasteiger partial charge in [-0.2, -0.15) is 0 Å². The first kappa shape index (κ1) is 14.9. The van der Waals surface area contributed by atoms with Crippen molar-refractivity contribution in [3.63, 3.8) is 0 Å². The van der Waals surface area contributed by atoms with Crippen LogP contribution in [0, 0.1) is 11.8 Å². The van der Waals surface area contributed by atoms with Crippen molar-refractivity contribution in [3.8, 4) is 0 Å². The lowest BCUT2D eigenvalue weighted by molar-refractivity contribution is -0.133. The van der Waals surface area contributed by atoms with Crippen molar-refractivity contribution in [3.05, 3.63) is 34.9 Å². The van der Waals surface area contributed by atoms with E-state index in [2.05, 4.69) is 19.2 Å². The minimum absolute atomic E-state index is 0.0612. The molecule has 1 saturated heterocycles. The number of hydrogen-bond acceptors (Lipinski definition) is 2. The van der Waals surface area contributed by atoms with E-state index in [4.69, 9.17) is 11.6 Å². The molecule has 3 rings (SSSR count). The van der Waals surface area contributed by atoms with Gasteiger partial charge in [0.1, 0.15) is 6.17 Å². The molecular weight excluding hydrogens is 284 g/mol. The van der Waals surface area contributed by atoms with Crippen molar-refractivity contribution in [2.75, 3.05) is 6.54 Å². The van der Waals surface area contributed by atoms with Crippen LogP contribution in [0.4, 0.5) is 0 Å². The highest BCUT2D eigenvalue weighted by Crippen LogP contribution is 2.42. The maximum Gasteiger partial charge on any atom is 0.244 e. The SMILES string of the molecule is CCC1(C)NC(c2cccc(Cl)c2)N(CC2CC2C)C1=O. The predicted molar refractivity (Wildman–Crippen MR) is 85.0 cm³/mol. The quantitative estimate of drug-likeness (QED) is 0.922. The molecule has 0 radical (unpaired) electrons. The minimum Gasteiger partial charge on any atom is -0.321 e. The van der Waals surface area contributed by atoms with E-state index in [1.165, 1.54) is 6.42 Å². The van der Waals surface area contributed by atoms with Crippen molar-refractivity contribution in [2.24, 2.45) is 11.8 Å². The molecule has 114 valence electrons. The molecule has 1 heterocycles. The predicted octanol–water partition coefficient (Wildman–Crippen LogP) is 3.60. The number of benzene rings is 1. The lowest BCUT2D eigenvalue weighted by atomic mass is 9.99. The molecule has 1 N–H and O–H groups in total. The Morgan fingerprint density at radius 2 is 2.19 bits per heavy atom. The molecular formula is C17H23ClN2O. The molecule has 0 spiro atoms. The van der Waals surface area contributed by atoms with Crippen molar-refractivity contribution in [1.29, 1.82) is 0 Å². The molecule has 1 aromatic rings. The van der Waals surface area contributed by atoms with Crippen molar-refractivity contribution in [2.45, 2.75) is 45.3 Å². The van der Waals surface area contributed by atoms with E-state index >= 15 is 0 Å². The van der Waals surface area contributed by atoms with Crippen LogP contribution in [0.3, 0.4) is 0 Å². The smallest absolute Gasteiger partial charge is 0.244 e. The van der Waals surface area contributed by atoms with Gasteiger partial charge in [-0.15, -0.1) is 0 Å². The van der Waals surface area contributed by atoms with Crippen LogP contribution in [0.2, 0.25) is 5.02 Å². The average molecular weight is 307 g/mol. The third kappa shape index (κ3) is 2.69. The lowest BCUT2D eigenvalue weighted by Crippen LogP contribution is -2.43. The molecule has 1 saturated carbocycles. The number of carbonyl (C=O) groups is 1. The van der Waals surface area contributed by atoms with E-state index < -0.39 is 5.54 Å². The van der Waals surface area contributed by atoms with Crippen molar-refractivity contribution >= 4 is 17.5 Å². The number of nitrogens with one attached hydrogen (secondary N) is 1. The number of amides is 1. The first-order chi connectivity index (χ1) is 9.94. The number of carbonyl (C=O) groups excluding carboxylic acids is 1. The molecule has 4 atom stereocenters. The zero-order valence-corrected chi connectivity index (χ0v) is 13.7. The van der Waals surface area contributed by atoms with Crippen LogP contribution in [0.1, 0.15) is 45.3 Å². The fraction of sp³-hybridized carbons (Fsp3) is 0.588. The summed E-state index contributed by atoms with van der Waals surface area (Å²) in [6.07, 6.45) is 1.96. The van der Waals surface area contributed by atoms with E-state index in [-0.39, 0.29) is 12.1 Å². The maximum atomic E-state index is 12.8. The summed E-state index contributed by atoms with van der Waals surface area (Å²) in [5.74, 6) is 1.61. The summed E-state index contributed by atoms with van der Waals surface area (Å²) in [4.78, 5) is 14.8. The van der Waals surface area contributed by atoms with Crippen LogP contribution < -0.4 is 5.32 Å². The van der Waals surface area contributed by atoms with E-state index in [0.717, 1.165) is 24.4 Å². The van der Waals surface area contributed by atoms with Crippen LogP contribution in [0.25, 0.3) is 0 Å². The molecule has 1 aliphatic carbocycles. The Morgan fingerprint density at radius 3 is 2.76 bits per heavy atom. The summed E-state index contributed by atoms with van der Waals surface area (Å²) in [7, 11) is 0. The Hall–Kier alpha value is -1.06. The molecule has 2 aliphatic rings. The van der Waals surface area contributed by atoms with E-state index in [0.29, 0.717) is 10.9 Å². The van der Waals surface area contributed by atoms with Gasteiger partial charge in [-0.1, -0.05) is 37.6 Å². The summed E-state index contributed by atoms with van der Waals surface area (Å²) in [6.45, 7) is 7.16. The minimum atomic E-state index is -0.467. The van der Waals surface area contributed by atoms with Gasteiger partial charge in [0.25, 0.3) is 0 Å². The normalized spacial score (nSPS) is 35.3. The standard InChI is InChI=1S/C17H23ClN2O/c1-4-17(3)16(21)20(10-13-8-11(13)2)15(19-17)12-6-5-7-14(18)9-12/h5-7,9,11,13,15,19H,4,8,10H2,1-3H3. The monoisotopic (exact) mass is 306 g/mol. The van der Waals surface area contributed by atoms with Crippen LogP contribution >= 0.6 is 11.6 Å². The Bertz CT molecular complexity index is 561. The molecule has 0 aromatic heterocycles. The second-order valence-electron chi connectivity index (χ2n) is 6.72. The third-order valence-electron chi connectivity index (χ3n) is 5.08. The first-order valence-electron chi connectivity index (χ1n) is 7.79. The highest BCUT2D eigenvalue weighted by atomic mass is 35.5. The number of rotatable bonds is 4. The Labute approximate surface area is 131 Å². The van der Waals surface area contributed by atoms with E-state index in [1.54, 1.807) is 0 Å². The van der Waals surface area contributed by atoms with Crippen molar-refractivity contribution < 1.29 is 4.79 Å². The molecule has 1 amide bonds. The van der Waals surface area contributed by atoms with E-state index in [1.807, 2.05) is 36.1 Å². The van der Waals surface area contributed by atoms with Gasteiger partial charge >= 0.3 is 0 Å². The highest BCUT2D eigenvalue weighted by Gasteiger charge is 2.49. The first-order valence-corrected chi connectivity index (χ1v) is 8.16. The second-order valence-corrected chi connectivity index (χ2v) is 7.15. The van der Waals surface area contributed by atoms with Gasteiger partial charge < -0.3 is 4.90 Å². The highest BCUT2D eigenvalue weighted by molar-refractivity contribution is 6.30. The summed E-state index contributed by atoms with van der Waals surface area (Å²) < 4.78 is 0. The maximum absolute atomic E-state index is 12.8. The van der Waals surface area contributed by atoms with Gasteiger partial charge in [-0.3, -0.25) is 10.1 Å². The average Bonchev–Trinajstić information content (AvgIpc) is 3.10. The number of halogens is 1. The Kier molecular flexibility index (Phi) is 3.74. The van der Waals surface area contributed by atoms with Crippen LogP contribution in [0.5, 0.6) is 0 Å². The molecule has 4 unspecified atom stereocenters. The van der Waals surface area contributed by atoms with Gasteiger partial charge in [-0.05, 0) is 49.3 Å². The molecule has 4 heteroatoms. The zero-order chi connectivity index (χ0) is 15.2. The Morgan fingerprint density at radius 1 is 1.48 bits per heavy atom. The summed E-state index contributed by atoms with van der Waals surface area (Å²) in [5, 5.41) is 4.24. The zero-order valence-electron chi connectivity index (χ0n) is 12.9. The topological polar surface area (TPSA) is 32.3 Å². The Balaban J connectivity index is 1.90. The molecule has 0 bridgehead atoms. The fourth-order valence-corrected chi connectivity index (χ4v) is 3.36. The molecule has 3 nitrogen and oxygen atoms in total. The van der Waals surface area contributed by atoms with Crippen LogP contribution in [-0.4, -0.2) is 22.9 Å². The number of nitrogens with zero attached hydrogens (tertiary/aromatic N) is 1. The van der Waals surface area contributed by atoms with Crippen molar-refractivity contribution in [1.82, 2.24) is 10.2 Å². The summed E-state index contributed by atoms with van der Waals surface area (Å²) >= 11 is 6.12. The largest absolute Gasteiger partial charge is 0.321 e. The van der Waals surface area contributed by atoms with Gasteiger partial charge in [0.15, 0.2) is 0 Å². The van der Waals surface area contributed by atoms with Crippen LogP contribution in [-0.2, 0) is 4.79 Å². The van der Waals surface area contributed by atoms with Crippen LogP contribution in [0.15, 0.2) is 24.3 Å². The van der Waals surface area contributed by atoms with Gasteiger partial charge in [0, 0.05) is 11.6 Å². The second kappa shape index (κ2) is 5.29. The molecule has 21 heavy (non-hydrogen) atoms. The van der Waals surface area contributed by atoms with Gasteiger partial charge in [0.05, 0.1) is 5.54 Å². The summed E-state index contributed by atoms with van der Waals surface area (Å²) in [6, 6.07) is 7.82. The summed E-state index contributed by atoms with van der Waals surface area (Å²) in [5.41, 5.74) is 0.604. The third-order valence-corrected chi connectivity index (χ3v) is 5.31. The van der Waals surface area contributed by atoms with E-state index in [9.17, 15) is 4.79 Å². The molecule has 1 aromatic carbocycles. The lowest BCUT2D eigenvalue weighted by Gasteiger charge is -2.24. The van der Waals surface area contributed by atoms with Gasteiger partial charge in [0.2, 0.25) is 5.91 Å². The molecule has 2 fully saturated rings. The number of hydrogen-bond donors (Lipinski definition) is 1. The fourth-order valence-electron chi connectivity index (χ4n) is 3.16. The van der Waals surface area contributed by atoms with Gasteiger partial charge in [-0.25, -0.2) is 0 Å². The molecule has 1 aliphatic heterocycles.